The van der Waals surface area contributed by atoms with Crippen LogP contribution in [0, 0.1) is 5.82 Å². The van der Waals surface area contributed by atoms with Crippen LogP contribution in [0.3, 0.4) is 0 Å². The van der Waals surface area contributed by atoms with Crippen molar-refractivity contribution >= 4 is 11.9 Å². The number of piperazine rings is 1. The highest BCUT2D eigenvalue weighted by atomic mass is 19.1. The molecule has 0 amide bonds. The number of aromatic hydroxyl groups is 1. The number of carbonyl (C=O) groups is 1. The Labute approximate surface area is 176 Å². The zero-order chi connectivity index (χ0) is 21.7. The van der Waals surface area contributed by atoms with Crippen molar-refractivity contribution in [2.45, 2.75) is 6.54 Å². The lowest BCUT2D eigenvalue weighted by molar-refractivity contribution is 0.104. The number of methoxy groups -OCH3 is 2. The van der Waals surface area contributed by atoms with Gasteiger partial charge in [-0.2, -0.15) is 0 Å². The number of phenolic OH excluding ortho intramolecular Hbond substituents is 1. The summed E-state index contributed by atoms with van der Waals surface area (Å²) < 4.78 is 24.6. The fourth-order valence-corrected chi connectivity index (χ4v) is 3.49. The van der Waals surface area contributed by atoms with Gasteiger partial charge in [0.05, 0.1) is 19.8 Å². The lowest BCUT2D eigenvalue weighted by Crippen LogP contribution is -2.43. The Hall–Kier alpha value is -2.90. The number of halogens is 1. The van der Waals surface area contributed by atoms with Gasteiger partial charge in [-0.3, -0.25) is 9.69 Å². The molecule has 7 heteroatoms. The fourth-order valence-electron chi connectivity index (χ4n) is 3.49. The Morgan fingerprint density at radius 3 is 2.43 bits per heavy atom. The Morgan fingerprint density at radius 1 is 1.13 bits per heavy atom. The molecule has 1 fully saturated rings. The lowest BCUT2D eigenvalue weighted by Gasteiger charge is -2.33. The first-order valence-corrected chi connectivity index (χ1v) is 9.79. The topological polar surface area (TPSA) is 62.2 Å². The Bertz CT molecular complexity index is 937. The highest BCUT2D eigenvalue weighted by Gasteiger charge is 2.25. The molecule has 0 atom stereocenters. The molecule has 0 spiro atoms. The number of nitrogens with zero attached hydrogens (tertiary/aromatic N) is 2. The molecule has 0 aromatic heterocycles. The van der Waals surface area contributed by atoms with Crippen LogP contribution in [0.15, 0.2) is 36.4 Å². The molecule has 1 heterocycles. The number of rotatable bonds is 7. The summed E-state index contributed by atoms with van der Waals surface area (Å²) in [5.41, 5.74) is 0.857. The van der Waals surface area contributed by atoms with Gasteiger partial charge >= 0.3 is 0 Å². The van der Waals surface area contributed by atoms with E-state index in [1.807, 2.05) is 0 Å². The molecule has 0 unspecified atom stereocenters. The molecular weight excluding hydrogens is 387 g/mol. The summed E-state index contributed by atoms with van der Waals surface area (Å²) in [4.78, 5) is 17.3. The van der Waals surface area contributed by atoms with Crippen molar-refractivity contribution in [1.82, 2.24) is 9.80 Å². The van der Waals surface area contributed by atoms with Gasteiger partial charge < -0.3 is 19.5 Å². The van der Waals surface area contributed by atoms with Crippen molar-refractivity contribution in [3.63, 3.8) is 0 Å². The molecule has 0 radical (unpaired) electrons. The minimum Gasteiger partial charge on any atom is -0.507 e. The number of hydrogen-bond acceptors (Lipinski definition) is 6. The predicted octanol–water partition coefficient (Wildman–Crippen LogP) is 3.19. The van der Waals surface area contributed by atoms with Crippen molar-refractivity contribution in [3.8, 4) is 17.2 Å². The lowest BCUT2D eigenvalue weighted by atomic mass is 10.0. The number of benzene rings is 2. The number of phenols is 1. The quantitative estimate of drug-likeness (QED) is 0.555. The molecule has 0 bridgehead atoms. The van der Waals surface area contributed by atoms with Gasteiger partial charge in [-0.05, 0) is 25.3 Å². The van der Waals surface area contributed by atoms with Gasteiger partial charge in [0.25, 0.3) is 0 Å². The maximum atomic E-state index is 13.9. The van der Waals surface area contributed by atoms with Gasteiger partial charge in [0.1, 0.15) is 28.6 Å². The van der Waals surface area contributed by atoms with E-state index < -0.39 is 11.6 Å². The Kier molecular flexibility index (Phi) is 7.07. The average Bonchev–Trinajstić information content (AvgIpc) is 2.75. The first-order chi connectivity index (χ1) is 14.4. The summed E-state index contributed by atoms with van der Waals surface area (Å²) >= 11 is 0. The average molecular weight is 414 g/mol. The van der Waals surface area contributed by atoms with Crippen LogP contribution in [0.5, 0.6) is 17.2 Å². The summed E-state index contributed by atoms with van der Waals surface area (Å²) in [7, 11) is 5.01. The summed E-state index contributed by atoms with van der Waals surface area (Å²) in [6, 6.07) is 7.77. The van der Waals surface area contributed by atoms with Crippen LogP contribution in [-0.4, -0.2) is 68.1 Å². The maximum absolute atomic E-state index is 13.9. The molecule has 1 aliphatic heterocycles. The molecule has 30 heavy (non-hydrogen) atoms. The zero-order valence-electron chi connectivity index (χ0n) is 17.5. The van der Waals surface area contributed by atoms with Crippen LogP contribution in [0.25, 0.3) is 6.08 Å². The number of carbonyl (C=O) groups excluding carboxylic acids is 1. The molecule has 0 aliphatic carbocycles. The third-order valence-electron chi connectivity index (χ3n) is 5.31. The number of allylic oxidation sites excluding steroid dienone is 1. The zero-order valence-corrected chi connectivity index (χ0v) is 17.5. The van der Waals surface area contributed by atoms with E-state index in [2.05, 4.69) is 16.8 Å². The van der Waals surface area contributed by atoms with E-state index in [0.717, 1.165) is 26.2 Å². The molecule has 3 rings (SSSR count). The molecule has 1 N–H and O–H groups in total. The smallest absolute Gasteiger partial charge is 0.193 e. The van der Waals surface area contributed by atoms with Gasteiger partial charge in [0, 0.05) is 44.4 Å². The molecular formula is C23H27FN2O4. The first-order valence-electron chi connectivity index (χ1n) is 9.79. The number of likely N-dealkylation sites (N-methyl/N-ethyl adjacent to an activating group) is 1. The summed E-state index contributed by atoms with van der Waals surface area (Å²) in [6.45, 7) is 4.00. The highest BCUT2D eigenvalue weighted by Crippen LogP contribution is 2.40. The molecule has 1 aliphatic rings. The SMILES string of the molecule is COc1cc(OC)c(C(=O)/C=C/c2ccccc2F)c(O)c1CN1CCN(C)CC1. The van der Waals surface area contributed by atoms with Crippen LogP contribution >= 0.6 is 0 Å². The van der Waals surface area contributed by atoms with Gasteiger partial charge in [-0.15, -0.1) is 0 Å². The van der Waals surface area contributed by atoms with Crippen molar-refractivity contribution in [3.05, 3.63) is 58.9 Å². The first kappa shape index (κ1) is 21.8. The van der Waals surface area contributed by atoms with Crippen LogP contribution in [0.2, 0.25) is 0 Å². The molecule has 160 valence electrons. The van der Waals surface area contributed by atoms with Gasteiger partial charge in [-0.25, -0.2) is 4.39 Å². The van der Waals surface area contributed by atoms with Crippen molar-refractivity contribution < 1.29 is 23.8 Å². The van der Waals surface area contributed by atoms with Crippen LogP contribution in [0.4, 0.5) is 4.39 Å². The van der Waals surface area contributed by atoms with Crippen molar-refractivity contribution in [1.29, 1.82) is 0 Å². The third-order valence-corrected chi connectivity index (χ3v) is 5.31. The molecule has 6 nitrogen and oxygen atoms in total. The van der Waals surface area contributed by atoms with Crippen LogP contribution in [0.1, 0.15) is 21.5 Å². The molecule has 1 saturated heterocycles. The second-order valence-electron chi connectivity index (χ2n) is 7.28. The largest absolute Gasteiger partial charge is 0.507 e. The van der Waals surface area contributed by atoms with E-state index >= 15 is 0 Å². The summed E-state index contributed by atoms with van der Waals surface area (Å²) in [6.07, 6.45) is 2.63. The summed E-state index contributed by atoms with van der Waals surface area (Å²) in [5, 5.41) is 11.0. The van der Waals surface area contributed by atoms with E-state index in [9.17, 15) is 14.3 Å². The monoisotopic (exact) mass is 414 g/mol. The molecule has 2 aromatic rings. The fraction of sp³-hybridized carbons (Fsp3) is 0.348. The van der Waals surface area contributed by atoms with E-state index in [1.165, 1.54) is 32.4 Å². The second-order valence-corrected chi connectivity index (χ2v) is 7.28. The van der Waals surface area contributed by atoms with Crippen LogP contribution in [-0.2, 0) is 6.54 Å². The maximum Gasteiger partial charge on any atom is 0.193 e. The van der Waals surface area contributed by atoms with Gasteiger partial charge in [-0.1, -0.05) is 18.2 Å². The normalized spacial score (nSPS) is 15.5. The van der Waals surface area contributed by atoms with Crippen molar-refractivity contribution in [2.24, 2.45) is 0 Å². The van der Waals surface area contributed by atoms with E-state index in [4.69, 9.17) is 9.47 Å². The Balaban J connectivity index is 1.94. The molecule has 0 saturated carbocycles. The minimum absolute atomic E-state index is 0.0371. The van der Waals surface area contributed by atoms with E-state index in [1.54, 1.807) is 24.3 Å². The molecule has 2 aromatic carbocycles. The van der Waals surface area contributed by atoms with Crippen LogP contribution < -0.4 is 9.47 Å². The third kappa shape index (κ3) is 4.80. The highest BCUT2D eigenvalue weighted by molar-refractivity contribution is 6.11. The summed E-state index contributed by atoms with van der Waals surface area (Å²) in [5.74, 6) is -0.418. The van der Waals surface area contributed by atoms with Gasteiger partial charge in [0.2, 0.25) is 0 Å². The van der Waals surface area contributed by atoms with Crippen molar-refractivity contribution in [2.75, 3.05) is 47.4 Å². The Morgan fingerprint density at radius 2 is 1.80 bits per heavy atom. The second kappa shape index (κ2) is 9.73. The predicted molar refractivity (Wildman–Crippen MR) is 114 cm³/mol. The standard InChI is InChI=1S/C23H27FN2O4/c1-25-10-12-26(13-11-25)15-17-20(29-2)14-21(30-3)22(23(17)28)19(27)9-8-16-6-4-5-7-18(16)24/h4-9,14,28H,10-13,15H2,1-3H3/b9-8+. The van der Waals surface area contributed by atoms with Gasteiger partial charge in [0.15, 0.2) is 5.78 Å². The van der Waals surface area contributed by atoms with E-state index in [-0.39, 0.29) is 22.6 Å². The minimum atomic E-state index is -0.477. The number of hydrogen-bond donors (Lipinski definition) is 1. The van der Waals surface area contributed by atoms with E-state index in [0.29, 0.717) is 17.9 Å². The number of ether oxygens (including phenoxy) is 2. The number of ketones is 1.